The molecule has 1 saturated carbocycles. The second-order valence-corrected chi connectivity index (χ2v) is 7.53. The van der Waals surface area contributed by atoms with Crippen LogP contribution >= 0.6 is 23.2 Å². The Balaban J connectivity index is 2.07. The summed E-state index contributed by atoms with van der Waals surface area (Å²) in [4.78, 5) is 0. The minimum Gasteiger partial charge on any atom is -0.314 e. The first-order valence-electron chi connectivity index (χ1n) is 7.03. The van der Waals surface area contributed by atoms with E-state index in [4.69, 9.17) is 23.2 Å². The molecule has 0 radical (unpaired) electrons. The predicted molar refractivity (Wildman–Crippen MR) is 84.1 cm³/mol. The van der Waals surface area contributed by atoms with E-state index in [9.17, 15) is 0 Å². The molecule has 0 saturated heterocycles. The van der Waals surface area contributed by atoms with Crippen molar-refractivity contribution in [1.82, 2.24) is 5.32 Å². The first kappa shape index (κ1) is 15.2. The first-order valence-corrected chi connectivity index (χ1v) is 7.79. The van der Waals surface area contributed by atoms with Crippen LogP contribution in [0.15, 0.2) is 18.2 Å². The van der Waals surface area contributed by atoms with E-state index in [1.54, 1.807) is 0 Å². The molecule has 0 heterocycles. The average Bonchev–Trinajstić information content (AvgIpc) is 3.11. The molecule has 1 aromatic rings. The zero-order valence-electron chi connectivity index (χ0n) is 12.0. The summed E-state index contributed by atoms with van der Waals surface area (Å²) in [7, 11) is 0. The number of rotatable bonds is 5. The van der Waals surface area contributed by atoms with Crippen molar-refractivity contribution in [2.45, 2.75) is 46.1 Å². The normalized spacial score (nSPS) is 17.5. The fraction of sp³-hybridized carbons (Fsp3) is 0.625. The lowest BCUT2D eigenvalue weighted by Crippen LogP contribution is -2.34. The fourth-order valence-corrected chi connectivity index (χ4v) is 2.64. The van der Waals surface area contributed by atoms with Crippen LogP contribution in [0.1, 0.15) is 39.2 Å². The van der Waals surface area contributed by atoms with E-state index in [2.05, 4.69) is 26.1 Å². The van der Waals surface area contributed by atoms with Crippen molar-refractivity contribution in [3.8, 4) is 0 Å². The Hall–Kier alpha value is -0.240. The Bertz CT molecular complexity index is 433. The predicted octanol–water partition coefficient (Wildman–Crippen LogP) is 4.95. The van der Waals surface area contributed by atoms with Gasteiger partial charge in [-0.3, -0.25) is 0 Å². The SMILES string of the molecule is CC(C)(C)C(CNC1CC1)Cc1cc(Cl)ccc1Cl. The van der Waals surface area contributed by atoms with Crippen LogP contribution in [0.4, 0.5) is 0 Å². The monoisotopic (exact) mass is 299 g/mol. The second kappa shape index (κ2) is 6.03. The third-order valence-electron chi connectivity index (χ3n) is 3.93. The maximum Gasteiger partial charge on any atom is 0.0439 e. The van der Waals surface area contributed by atoms with Gasteiger partial charge < -0.3 is 5.32 Å². The van der Waals surface area contributed by atoms with Gasteiger partial charge in [-0.15, -0.1) is 0 Å². The Labute approximate surface area is 126 Å². The molecule has 3 heteroatoms. The van der Waals surface area contributed by atoms with Gasteiger partial charge in [0.15, 0.2) is 0 Å². The third kappa shape index (κ3) is 4.66. The van der Waals surface area contributed by atoms with Crippen molar-refractivity contribution in [2.75, 3.05) is 6.54 Å². The summed E-state index contributed by atoms with van der Waals surface area (Å²) in [6.07, 6.45) is 3.63. The molecule has 1 atom stereocenters. The Morgan fingerprint density at radius 3 is 2.53 bits per heavy atom. The van der Waals surface area contributed by atoms with Gasteiger partial charge in [0.2, 0.25) is 0 Å². The summed E-state index contributed by atoms with van der Waals surface area (Å²) >= 11 is 12.4. The average molecular weight is 300 g/mol. The highest BCUT2D eigenvalue weighted by atomic mass is 35.5. The molecule has 19 heavy (non-hydrogen) atoms. The Kier molecular flexibility index (Phi) is 4.81. The molecule has 0 bridgehead atoms. The van der Waals surface area contributed by atoms with Crippen molar-refractivity contribution in [1.29, 1.82) is 0 Å². The number of hydrogen-bond acceptors (Lipinski definition) is 1. The minimum atomic E-state index is 0.257. The number of halogens is 2. The van der Waals surface area contributed by atoms with Crippen LogP contribution in [0.25, 0.3) is 0 Å². The topological polar surface area (TPSA) is 12.0 Å². The van der Waals surface area contributed by atoms with Gasteiger partial charge in [0, 0.05) is 16.1 Å². The van der Waals surface area contributed by atoms with Gasteiger partial charge in [-0.25, -0.2) is 0 Å². The summed E-state index contributed by atoms with van der Waals surface area (Å²) in [6.45, 7) is 7.94. The Morgan fingerprint density at radius 2 is 1.95 bits per heavy atom. The molecule has 1 unspecified atom stereocenters. The quantitative estimate of drug-likeness (QED) is 0.811. The van der Waals surface area contributed by atoms with E-state index >= 15 is 0 Å². The zero-order valence-corrected chi connectivity index (χ0v) is 13.5. The van der Waals surface area contributed by atoms with E-state index in [-0.39, 0.29) is 5.41 Å². The van der Waals surface area contributed by atoms with Crippen LogP contribution in [-0.4, -0.2) is 12.6 Å². The van der Waals surface area contributed by atoms with Crippen molar-refractivity contribution in [3.63, 3.8) is 0 Å². The largest absolute Gasteiger partial charge is 0.314 e. The summed E-state index contributed by atoms with van der Waals surface area (Å²) in [5, 5.41) is 5.23. The lowest BCUT2D eigenvalue weighted by molar-refractivity contribution is 0.230. The second-order valence-electron chi connectivity index (χ2n) is 6.69. The molecule has 1 N–H and O–H groups in total. The van der Waals surface area contributed by atoms with E-state index in [0.29, 0.717) is 5.92 Å². The highest BCUT2D eigenvalue weighted by molar-refractivity contribution is 6.33. The van der Waals surface area contributed by atoms with Crippen molar-refractivity contribution in [3.05, 3.63) is 33.8 Å². The van der Waals surface area contributed by atoms with Crippen molar-refractivity contribution >= 4 is 23.2 Å². The smallest absolute Gasteiger partial charge is 0.0439 e. The van der Waals surface area contributed by atoms with Crippen molar-refractivity contribution < 1.29 is 0 Å². The highest BCUT2D eigenvalue weighted by Crippen LogP contribution is 2.32. The molecule has 0 spiro atoms. The standard InChI is InChI=1S/C16H23Cl2N/c1-16(2,3)12(10-19-14-5-6-14)8-11-9-13(17)4-7-15(11)18/h4,7,9,12,14,19H,5-6,8,10H2,1-3H3. The maximum atomic E-state index is 6.29. The summed E-state index contributed by atoms with van der Waals surface area (Å²) in [5.74, 6) is 0.559. The van der Waals surface area contributed by atoms with Gasteiger partial charge >= 0.3 is 0 Å². The third-order valence-corrected chi connectivity index (χ3v) is 4.53. The highest BCUT2D eigenvalue weighted by Gasteiger charge is 2.28. The molecule has 1 aliphatic carbocycles. The molecule has 0 aliphatic heterocycles. The van der Waals surface area contributed by atoms with Gasteiger partial charge in [-0.1, -0.05) is 44.0 Å². The van der Waals surface area contributed by atoms with Crippen LogP contribution < -0.4 is 5.32 Å². The zero-order chi connectivity index (χ0) is 14.0. The molecule has 2 rings (SSSR count). The molecule has 1 aromatic carbocycles. The fourth-order valence-electron chi connectivity index (χ4n) is 2.25. The van der Waals surface area contributed by atoms with E-state index in [0.717, 1.165) is 34.6 Å². The van der Waals surface area contributed by atoms with Crippen molar-refractivity contribution in [2.24, 2.45) is 11.3 Å². The van der Waals surface area contributed by atoms with Crippen LogP contribution in [0.5, 0.6) is 0 Å². The van der Waals surface area contributed by atoms with E-state index in [1.165, 1.54) is 12.8 Å². The van der Waals surface area contributed by atoms with Gasteiger partial charge in [-0.2, -0.15) is 0 Å². The van der Waals surface area contributed by atoms with Gasteiger partial charge in [0.1, 0.15) is 0 Å². The number of benzene rings is 1. The minimum absolute atomic E-state index is 0.257. The van der Waals surface area contributed by atoms with Crippen LogP contribution in [0.2, 0.25) is 10.0 Å². The van der Waals surface area contributed by atoms with E-state index in [1.807, 2.05) is 18.2 Å². The maximum absolute atomic E-state index is 6.29. The molecule has 106 valence electrons. The Morgan fingerprint density at radius 1 is 1.26 bits per heavy atom. The van der Waals surface area contributed by atoms with Gasteiger partial charge in [-0.05, 0) is 60.9 Å². The summed E-state index contributed by atoms with van der Waals surface area (Å²) in [6, 6.07) is 6.49. The van der Waals surface area contributed by atoms with Gasteiger partial charge in [0.05, 0.1) is 0 Å². The van der Waals surface area contributed by atoms with E-state index < -0.39 is 0 Å². The van der Waals surface area contributed by atoms with Crippen LogP contribution in [0, 0.1) is 11.3 Å². The lowest BCUT2D eigenvalue weighted by atomic mass is 9.77. The number of nitrogens with one attached hydrogen (secondary N) is 1. The molecule has 0 amide bonds. The van der Waals surface area contributed by atoms with Crippen LogP contribution in [0.3, 0.4) is 0 Å². The molecule has 1 nitrogen and oxygen atoms in total. The number of hydrogen-bond donors (Lipinski definition) is 1. The first-order chi connectivity index (χ1) is 8.86. The molecular formula is C16H23Cl2N. The molecule has 0 aromatic heterocycles. The summed E-state index contributed by atoms with van der Waals surface area (Å²) in [5.41, 5.74) is 1.42. The van der Waals surface area contributed by atoms with Crippen LogP contribution in [-0.2, 0) is 6.42 Å². The molecular weight excluding hydrogens is 277 g/mol. The summed E-state index contributed by atoms with van der Waals surface area (Å²) < 4.78 is 0. The lowest BCUT2D eigenvalue weighted by Gasteiger charge is -2.31. The van der Waals surface area contributed by atoms with Gasteiger partial charge in [0.25, 0.3) is 0 Å². The molecule has 1 aliphatic rings. The molecule has 1 fully saturated rings.